The summed E-state index contributed by atoms with van der Waals surface area (Å²) in [4.78, 5) is 8.38. The number of fused-ring (bicyclic) bond motifs is 1. The third-order valence-corrected chi connectivity index (χ3v) is 4.84. The van der Waals surface area contributed by atoms with Gasteiger partial charge in [-0.15, -0.1) is 12.4 Å². The molecular weight excluding hydrogens is 459 g/mol. The number of nitrogens with one attached hydrogen (secondary N) is 1. The van der Waals surface area contributed by atoms with Gasteiger partial charge in [0.05, 0.1) is 18.3 Å². The number of hydrogen-bond acceptors (Lipinski definition) is 6. The number of aromatic hydroxyl groups is 1. The van der Waals surface area contributed by atoms with Crippen LogP contribution < -0.4 is 14.8 Å². The lowest BCUT2D eigenvalue weighted by atomic mass is 10.1. The molecule has 0 fully saturated rings. The van der Waals surface area contributed by atoms with Gasteiger partial charge in [0.15, 0.2) is 23.1 Å². The van der Waals surface area contributed by atoms with E-state index in [1.165, 1.54) is 31.6 Å². The van der Waals surface area contributed by atoms with Gasteiger partial charge < -0.3 is 19.9 Å². The van der Waals surface area contributed by atoms with Crippen LogP contribution in [0.3, 0.4) is 0 Å². The average molecular weight is 478 g/mol. The fourth-order valence-corrected chi connectivity index (χ4v) is 3.11. The lowest BCUT2D eigenvalue weighted by Crippen LogP contribution is -2.01. The SMILES string of the molecule is COc1cc2c(Nc3cc(O)c(C)cc3F)ncnc2cc1OCc1ccc(F)c(F)c1.Cl. The van der Waals surface area contributed by atoms with Gasteiger partial charge in [-0.1, -0.05) is 6.07 Å². The Morgan fingerprint density at radius 1 is 0.939 bits per heavy atom. The summed E-state index contributed by atoms with van der Waals surface area (Å²) in [7, 11) is 1.44. The Bertz CT molecular complexity index is 1320. The Kier molecular flexibility index (Phi) is 7.13. The first kappa shape index (κ1) is 23.9. The molecule has 1 heterocycles. The number of aromatic nitrogens is 2. The van der Waals surface area contributed by atoms with Crippen LogP contribution in [0.5, 0.6) is 17.2 Å². The van der Waals surface area contributed by atoms with Crippen molar-refractivity contribution in [3.63, 3.8) is 0 Å². The summed E-state index contributed by atoms with van der Waals surface area (Å²) in [6.07, 6.45) is 1.29. The molecule has 4 rings (SSSR count). The molecule has 0 atom stereocenters. The Morgan fingerprint density at radius 3 is 2.45 bits per heavy atom. The van der Waals surface area contributed by atoms with Gasteiger partial charge in [0.2, 0.25) is 0 Å². The van der Waals surface area contributed by atoms with Crippen molar-refractivity contribution in [2.24, 2.45) is 0 Å². The average Bonchev–Trinajstić information content (AvgIpc) is 2.77. The normalized spacial score (nSPS) is 10.6. The first-order valence-corrected chi connectivity index (χ1v) is 9.51. The van der Waals surface area contributed by atoms with Crippen molar-refractivity contribution in [2.45, 2.75) is 13.5 Å². The van der Waals surface area contributed by atoms with Crippen LogP contribution in [-0.2, 0) is 6.61 Å². The van der Waals surface area contributed by atoms with Gasteiger partial charge in [-0.25, -0.2) is 23.1 Å². The molecule has 0 spiro atoms. The lowest BCUT2D eigenvalue weighted by Gasteiger charge is -2.14. The molecule has 0 saturated heterocycles. The van der Waals surface area contributed by atoms with Gasteiger partial charge in [0.1, 0.15) is 30.3 Å². The summed E-state index contributed by atoms with van der Waals surface area (Å²) < 4.78 is 52.0. The highest BCUT2D eigenvalue weighted by atomic mass is 35.5. The number of rotatable bonds is 6. The number of methoxy groups -OCH3 is 1. The molecule has 6 nitrogen and oxygen atoms in total. The molecule has 33 heavy (non-hydrogen) atoms. The minimum atomic E-state index is -0.964. The van der Waals surface area contributed by atoms with Crippen LogP contribution >= 0.6 is 12.4 Å². The number of nitrogens with zero attached hydrogens (tertiary/aromatic N) is 2. The summed E-state index contributed by atoms with van der Waals surface area (Å²) in [5.74, 6) is -1.55. The Morgan fingerprint density at radius 2 is 1.73 bits per heavy atom. The third-order valence-electron chi connectivity index (χ3n) is 4.84. The van der Waals surface area contributed by atoms with Crippen molar-refractivity contribution in [2.75, 3.05) is 12.4 Å². The fourth-order valence-electron chi connectivity index (χ4n) is 3.11. The molecule has 3 aromatic carbocycles. The van der Waals surface area contributed by atoms with E-state index in [1.807, 2.05) is 0 Å². The minimum Gasteiger partial charge on any atom is -0.508 e. The Labute approximate surface area is 193 Å². The zero-order valence-electron chi connectivity index (χ0n) is 17.5. The molecular formula is C23H19ClF3N3O3. The van der Waals surface area contributed by atoms with Crippen LogP contribution in [0.2, 0.25) is 0 Å². The highest BCUT2D eigenvalue weighted by molar-refractivity contribution is 5.93. The summed E-state index contributed by atoms with van der Waals surface area (Å²) in [6, 6.07) is 9.20. The van der Waals surface area contributed by atoms with E-state index in [9.17, 15) is 18.3 Å². The molecule has 0 radical (unpaired) electrons. The van der Waals surface area contributed by atoms with Crippen LogP contribution in [0.15, 0.2) is 48.8 Å². The first-order valence-electron chi connectivity index (χ1n) is 9.51. The Balaban J connectivity index is 0.00000306. The van der Waals surface area contributed by atoms with Crippen molar-refractivity contribution < 1.29 is 27.8 Å². The molecule has 0 aliphatic carbocycles. The maximum atomic E-state index is 14.3. The van der Waals surface area contributed by atoms with Gasteiger partial charge >= 0.3 is 0 Å². The lowest BCUT2D eigenvalue weighted by molar-refractivity contribution is 0.284. The van der Waals surface area contributed by atoms with Crippen molar-refractivity contribution in [1.82, 2.24) is 9.97 Å². The van der Waals surface area contributed by atoms with E-state index >= 15 is 0 Å². The van der Waals surface area contributed by atoms with Crippen LogP contribution in [0.4, 0.5) is 24.7 Å². The topological polar surface area (TPSA) is 76.5 Å². The number of phenolic OH excluding ortho intramolecular Hbond substituents is 1. The predicted octanol–water partition coefficient (Wildman–Crippen LogP) is 5.81. The number of ether oxygens (including phenoxy) is 2. The van der Waals surface area contributed by atoms with E-state index in [4.69, 9.17) is 9.47 Å². The van der Waals surface area contributed by atoms with Gasteiger partial charge in [-0.2, -0.15) is 0 Å². The van der Waals surface area contributed by atoms with Crippen LogP contribution in [-0.4, -0.2) is 22.2 Å². The number of phenols is 1. The molecule has 0 unspecified atom stereocenters. The minimum absolute atomic E-state index is 0. The summed E-state index contributed by atoms with van der Waals surface area (Å²) >= 11 is 0. The van der Waals surface area contributed by atoms with Crippen molar-refractivity contribution in [3.05, 3.63) is 77.4 Å². The fraction of sp³-hybridized carbons (Fsp3) is 0.130. The maximum absolute atomic E-state index is 14.3. The number of halogens is 4. The molecule has 2 N–H and O–H groups in total. The molecule has 0 bridgehead atoms. The maximum Gasteiger partial charge on any atom is 0.163 e. The molecule has 0 amide bonds. The number of aryl methyl sites for hydroxylation is 1. The third kappa shape index (κ3) is 5.04. The van der Waals surface area contributed by atoms with Crippen LogP contribution in [0.1, 0.15) is 11.1 Å². The van der Waals surface area contributed by atoms with Gasteiger partial charge in [0, 0.05) is 17.5 Å². The predicted molar refractivity (Wildman–Crippen MR) is 120 cm³/mol. The van der Waals surface area contributed by atoms with Gasteiger partial charge in [0.25, 0.3) is 0 Å². The molecule has 1 aromatic heterocycles. The van der Waals surface area contributed by atoms with E-state index in [2.05, 4.69) is 15.3 Å². The molecule has 172 valence electrons. The number of hydrogen-bond donors (Lipinski definition) is 2. The second-order valence-corrected chi connectivity index (χ2v) is 7.02. The van der Waals surface area contributed by atoms with E-state index in [0.717, 1.165) is 12.1 Å². The van der Waals surface area contributed by atoms with Crippen LogP contribution in [0.25, 0.3) is 10.9 Å². The van der Waals surface area contributed by atoms with Crippen molar-refractivity contribution in [1.29, 1.82) is 0 Å². The Hall–Kier alpha value is -3.72. The second-order valence-electron chi connectivity index (χ2n) is 7.02. The van der Waals surface area contributed by atoms with E-state index < -0.39 is 17.5 Å². The number of benzene rings is 3. The highest BCUT2D eigenvalue weighted by Crippen LogP contribution is 2.36. The summed E-state index contributed by atoms with van der Waals surface area (Å²) in [6.45, 7) is 1.57. The smallest absolute Gasteiger partial charge is 0.163 e. The van der Waals surface area contributed by atoms with E-state index in [1.54, 1.807) is 19.1 Å². The highest BCUT2D eigenvalue weighted by Gasteiger charge is 2.14. The quantitative estimate of drug-likeness (QED) is 0.365. The molecule has 0 aliphatic heterocycles. The van der Waals surface area contributed by atoms with E-state index in [-0.39, 0.29) is 30.5 Å². The van der Waals surface area contributed by atoms with Gasteiger partial charge in [-0.05, 0) is 42.3 Å². The molecule has 4 aromatic rings. The second kappa shape index (κ2) is 9.83. The van der Waals surface area contributed by atoms with Crippen molar-refractivity contribution in [3.8, 4) is 17.2 Å². The molecule has 0 saturated carbocycles. The number of anilines is 2. The largest absolute Gasteiger partial charge is 0.508 e. The molecule has 10 heteroatoms. The standard InChI is InChI=1S/C23H18F3N3O3.ClH/c1-12-5-17(26)19(8-20(12)30)29-23-14-7-21(31-2)22(9-18(14)27-11-28-23)32-10-13-3-4-15(24)16(25)6-13;/h3-9,11,30H,10H2,1-2H3,(H,27,28,29);1H. The van der Waals surface area contributed by atoms with Crippen molar-refractivity contribution >= 4 is 34.8 Å². The first-order chi connectivity index (χ1) is 15.4. The molecule has 0 aliphatic rings. The van der Waals surface area contributed by atoms with Crippen LogP contribution in [0, 0.1) is 24.4 Å². The monoisotopic (exact) mass is 477 g/mol. The van der Waals surface area contributed by atoms with Gasteiger partial charge in [-0.3, -0.25) is 0 Å². The summed E-state index contributed by atoms with van der Waals surface area (Å²) in [5.41, 5.74) is 1.36. The van der Waals surface area contributed by atoms with E-state index in [0.29, 0.717) is 39.3 Å². The summed E-state index contributed by atoms with van der Waals surface area (Å²) in [5, 5.41) is 13.3. The zero-order chi connectivity index (χ0) is 22.8. The zero-order valence-corrected chi connectivity index (χ0v) is 18.3.